The molecule has 130 valence electrons. The maximum Gasteiger partial charge on any atom is 0.251 e. The summed E-state index contributed by atoms with van der Waals surface area (Å²) in [5.74, 6) is -0.253. The van der Waals surface area contributed by atoms with Crippen LogP contribution in [0.5, 0.6) is 0 Å². The lowest BCUT2D eigenvalue weighted by Crippen LogP contribution is -2.33. The Morgan fingerprint density at radius 1 is 1.13 bits per heavy atom. The van der Waals surface area contributed by atoms with Gasteiger partial charge in [-0.15, -0.1) is 0 Å². The van der Waals surface area contributed by atoms with Gasteiger partial charge in [-0.3, -0.25) is 4.79 Å². The van der Waals surface area contributed by atoms with Crippen molar-refractivity contribution in [2.24, 2.45) is 0 Å². The lowest BCUT2D eigenvalue weighted by Gasteiger charge is -2.19. The van der Waals surface area contributed by atoms with Crippen LogP contribution in [0.2, 0.25) is 0 Å². The van der Waals surface area contributed by atoms with Crippen LogP contribution in [0, 0.1) is 6.92 Å². The Morgan fingerprint density at radius 3 is 2.35 bits per heavy atom. The molecule has 0 aliphatic heterocycles. The summed E-state index contributed by atoms with van der Waals surface area (Å²) in [6.45, 7) is 10.2. The highest BCUT2D eigenvalue weighted by Gasteiger charge is 2.23. The van der Waals surface area contributed by atoms with Crippen molar-refractivity contribution in [3.8, 4) is 0 Å². The van der Waals surface area contributed by atoms with Gasteiger partial charge in [0.1, 0.15) is 0 Å². The van der Waals surface area contributed by atoms with Crippen molar-refractivity contribution < 1.29 is 13.2 Å². The second kappa shape index (κ2) is 9.00. The monoisotopic (exact) mass is 341 g/mol. The van der Waals surface area contributed by atoms with E-state index in [0.29, 0.717) is 31.7 Å². The molecule has 0 bridgehead atoms. The fourth-order valence-electron chi connectivity index (χ4n) is 2.26. The van der Waals surface area contributed by atoms with E-state index >= 15 is 0 Å². The fraction of sp³-hybridized carbons (Fsp3) is 0.562. The second-order valence-corrected chi connectivity index (χ2v) is 7.11. The smallest absolute Gasteiger partial charge is 0.251 e. The van der Waals surface area contributed by atoms with E-state index in [-0.39, 0.29) is 10.8 Å². The summed E-state index contributed by atoms with van der Waals surface area (Å²) in [6, 6.07) is 4.69. The normalized spacial score (nSPS) is 11.7. The summed E-state index contributed by atoms with van der Waals surface area (Å²) in [5.41, 5.74) is 1.15. The van der Waals surface area contributed by atoms with E-state index in [0.717, 1.165) is 12.1 Å². The zero-order chi connectivity index (χ0) is 17.5. The molecule has 1 aromatic carbocycles. The number of hydrogen-bond acceptors (Lipinski definition) is 4. The number of nitrogens with one attached hydrogen (secondary N) is 2. The maximum atomic E-state index is 12.6. The molecular weight excluding hydrogens is 314 g/mol. The third-order valence-electron chi connectivity index (χ3n) is 3.63. The molecule has 0 atom stereocenters. The molecule has 6 nitrogen and oxygen atoms in total. The van der Waals surface area contributed by atoms with Crippen molar-refractivity contribution in [1.82, 2.24) is 14.9 Å². The highest BCUT2D eigenvalue weighted by Crippen LogP contribution is 2.19. The Balaban J connectivity index is 3.01. The molecule has 0 aromatic heterocycles. The van der Waals surface area contributed by atoms with E-state index in [2.05, 4.69) is 10.6 Å². The molecular formula is C16H27N3O3S. The first-order chi connectivity index (χ1) is 10.9. The maximum absolute atomic E-state index is 12.6. The van der Waals surface area contributed by atoms with E-state index in [1.54, 1.807) is 32.9 Å². The summed E-state index contributed by atoms with van der Waals surface area (Å²) in [7, 11) is -3.56. The van der Waals surface area contributed by atoms with Crippen LogP contribution in [0.1, 0.15) is 36.7 Å². The molecule has 0 aliphatic carbocycles. The molecule has 1 rings (SSSR count). The van der Waals surface area contributed by atoms with Crippen LogP contribution in [-0.4, -0.2) is 51.4 Å². The molecule has 1 amide bonds. The summed E-state index contributed by atoms with van der Waals surface area (Å²) >= 11 is 0. The number of likely N-dealkylation sites (N-methyl/N-ethyl adjacent to an activating group) is 1. The fourth-order valence-corrected chi connectivity index (χ4v) is 3.74. The number of carbonyl (C=O) groups is 1. The predicted octanol–water partition coefficient (Wildman–Crippen LogP) is 1.36. The summed E-state index contributed by atoms with van der Waals surface area (Å²) < 4.78 is 26.5. The van der Waals surface area contributed by atoms with Crippen LogP contribution in [0.3, 0.4) is 0 Å². The van der Waals surface area contributed by atoms with Gasteiger partial charge >= 0.3 is 0 Å². The van der Waals surface area contributed by atoms with Gasteiger partial charge in [-0.1, -0.05) is 26.8 Å². The molecule has 0 saturated carbocycles. The van der Waals surface area contributed by atoms with E-state index in [9.17, 15) is 13.2 Å². The van der Waals surface area contributed by atoms with Gasteiger partial charge < -0.3 is 10.6 Å². The van der Waals surface area contributed by atoms with Crippen molar-refractivity contribution >= 4 is 15.9 Å². The molecule has 1 aromatic rings. The summed E-state index contributed by atoms with van der Waals surface area (Å²) in [6.07, 6.45) is 0. The lowest BCUT2D eigenvalue weighted by molar-refractivity contribution is 0.0953. The van der Waals surface area contributed by atoms with Gasteiger partial charge in [0.05, 0.1) is 4.90 Å². The van der Waals surface area contributed by atoms with Crippen molar-refractivity contribution in [2.75, 3.05) is 32.7 Å². The Kier molecular flexibility index (Phi) is 7.67. The van der Waals surface area contributed by atoms with Crippen LogP contribution in [0.25, 0.3) is 0 Å². The molecule has 0 radical (unpaired) electrons. The summed E-state index contributed by atoms with van der Waals surface area (Å²) in [5, 5.41) is 5.92. The summed E-state index contributed by atoms with van der Waals surface area (Å²) in [4.78, 5) is 12.4. The molecule has 0 unspecified atom stereocenters. The highest BCUT2D eigenvalue weighted by atomic mass is 32.2. The highest BCUT2D eigenvalue weighted by molar-refractivity contribution is 7.89. The molecule has 0 saturated heterocycles. The SMILES string of the molecule is CCNCCNC(=O)c1cc(S(=O)(=O)N(CC)CC)ccc1C. The van der Waals surface area contributed by atoms with Gasteiger partial charge in [0.2, 0.25) is 10.0 Å². The first-order valence-corrected chi connectivity index (χ1v) is 9.42. The lowest BCUT2D eigenvalue weighted by atomic mass is 10.1. The minimum Gasteiger partial charge on any atom is -0.351 e. The number of amides is 1. The molecule has 2 N–H and O–H groups in total. The zero-order valence-corrected chi connectivity index (χ0v) is 15.2. The Hall–Kier alpha value is -1.44. The van der Waals surface area contributed by atoms with Crippen LogP contribution in [0.4, 0.5) is 0 Å². The van der Waals surface area contributed by atoms with Crippen molar-refractivity contribution in [3.63, 3.8) is 0 Å². The van der Waals surface area contributed by atoms with Crippen LogP contribution in [-0.2, 0) is 10.0 Å². The van der Waals surface area contributed by atoms with Gasteiger partial charge in [-0.25, -0.2) is 8.42 Å². The number of nitrogens with zero attached hydrogens (tertiary/aromatic N) is 1. The Morgan fingerprint density at radius 2 is 1.78 bits per heavy atom. The topological polar surface area (TPSA) is 78.5 Å². The van der Waals surface area contributed by atoms with Crippen molar-refractivity contribution in [3.05, 3.63) is 29.3 Å². The quantitative estimate of drug-likeness (QED) is 0.665. The van der Waals surface area contributed by atoms with Gasteiger partial charge in [0.25, 0.3) is 5.91 Å². The standard InChI is InChI=1S/C16H27N3O3S/c1-5-17-10-11-18-16(20)15-12-14(9-8-13(15)4)23(21,22)19(6-2)7-3/h8-9,12,17H,5-7,10-11H2,1-4H3,(H,18,20). The average molecular weight is 341 g/mol. The predicted molar refractivity (Wildman–Crippen MR) is 92.2 cm³/mol. The van der Waals surface area contributed by atoms with E-state index < -0.39 is 10.0 Å². The third-order valence-corrected chi connectivity index (χ3v) is 5.68. The van der Waals surface area contributed by atoms with E-state index in [4.69, 9.17) is 0 Å². The van der Waals surface area contributed by atoms with Crippen molar-refractivity contribution in [1.29, 1.82) is 0 Å². The molecule has 23 heavy (non-hydrogen) atoms. The van der Waals surface area contributed by atoms with Gasteiger partial charge in [-0.05, 0) is 31.2 Å². The Bertz CT molecular complexity index is 625. The second-order valence-electron chi connectivity index (χ2n) is 5.18. The number of carbonyl (C=O) groups excluding carboxylic acids is 1. The van der Waals surface area contributed by atoms with Gasteiger partial charge in [-0.2, -0.15) is 4.31 Å². The first kappa shape index (κ1) is 19.6. The minimum atomic E-state index is -3.56. The zero-order valence-electron chi connectivity index (χ0n) is 14.3. The molecule has 0 spiro atoms. The number of sulfonamides is 1. The van der Waals surface area contributed by atoms with Crippen LogP contribution < -0.4 is 10.6 Å². The van der Waals surface area contributed by atoms with Crippen molar-refractivity contribution in [2.45, 2.75) is 32.6 Å². The minimum absolute atomic E-state index is 0.156. The van der Waals surface area contributed by atoms with Gasteiger partial charge in [0, 0.05) is 31.7 Å². The molecule has 0 heterocycles. The number of rotatable bonds is 9. The van der Waals surface area contributed by atoms with Crippen LogP contribution >= 0.6 is 0 Å². The largest absolute Gasteiger partial charge is 0.351 e. The Labute approximate surface area is 139 Å². The van der Waals surface area contributed by atoms with E-state index in [1.807, 2.05) is 6.92 Å². The number of aryl methyl sites for hydroxylation is 1. The average Bonchev–Trinajstić information content (AvgIpc) is 2.52. The van der Waals surface area contributed by atoms with E-state index in [1.165, 1.54) is 10.4 Å². The third kappa shape index (κ3) is 5.02. The molecule has 0 fully saturated rings. The number of hydrogen-bond donors (Lipinski definition) is 2. The van der Waals surface area contributed by atoms with Crippen LogP contribution in [0.15, 0.2) is 23.1 Å². The first-order valence-electron chi connectivity index (χ1n) is 7.98. The molecule has 0 aliphatic rings. The molecule has 7 heteroatoms. The number of benzene rings is 1. The van der Waals surface area contributed by atoms with Gasteiger partial charge in [0.15, 0.2) is 0 Å².